The number of nitrogens with one attached hydrogen (secondary N) is 1. The Labute approximate surface area is 117 Å². The van der Waals surface area contributed by atoms with E-state index in [4.69, 9.17) is 0 Å². The average molecular weight is 331 g/mol. The minimum Gasteiger partial charge on any atom is -0.391 e. The number of nitrogens with zero attached hydrogens (tertiary/aromatic N) is 1. The first kappa shape index (κ1) is 14.4. The van der Waals surface area contributed by atoms with Crippen LogP contribution >= 0.6 is 15.9 Å². The van der Waals surface area contributed by atoms with Gasteiger partial charge in [0.15, 0.2) is 0 Å². The molecule has 4 atom stereocenters. The van der Waals surface area contributed by atoms with Crippen molar-refractivity contribution in [3.63, 3.8) is 0 Å². The number of H-pyrrole nitrogens is 1. The van der Waals surface area contributed by atoms with Gasteiger partial charge in [0.05, 0.1) is 17.1 Å². The van der Waals surface area contributed by atoms with Crippen molar-refractivity contribution in [2.45, 2.75) is 31.3 Å². The summed E-state index contributed by atoms with van der Waals surface area (Å²) >= 11 is 3.32. The minimum atomic E-state index is -1.52. The number of aliphatic hydroxyl groups is 4. The zero-order chi connectivity index (χ0) is 14.2. The molecule has 2 rings (SSSR count). The first-order chi connectivity index (χ1) is 8.90. The van der Waals surface area contributed by atoms with Crippen LogP contribution in [0.15, 0.2) is 22.7 Å². The second-order valence-corrected chi connectivity index (χ2v) is 5.37. The molecule has 0 radical (unpaired) electrons. The van der Waals surface area contributed by atoms with E-state index < -0.39 is 24.4 Å². The van der Waals surface area contributed by atoms with Gasteiger partial charge >= 0.3 is 0 Å². The second-order valence-electron chi connectivity index (χ2n) is 4.45. The van der Waals surface area contributed by atoms with E-state index in [9.17, 15) is 20.4 Å². The van der Waals surface area contributed by atoms with Crippen LogP contribution in [0, 0.1) is 0 Å². The Bertz CT molecular complexity index is 572. The Morgan fingerprint density at radius 3 is 2.47 bits per heavy atom. The lowest BCUT2D eigenvalue weighted by Crippen LogP contribution is -2.39. The van der Waals surface area contributed by atoms with Crippen molar-refractivity contribution in [1.82, 2.24) is 9.97 Å². The predicted octanol–water partition coefficient (Wildman–Crippen LogP) is 0.461. The van der Waals surface area contributed by atoms with Gasteiger partial charge in [0.25, 0.3) is 0 Å². The number of rotatable bonds is 4. The molecule has 2 aromatic rings. The van der Waals surface area contributed by atoms with Gasteiger partial charge in [0.2, 0.25) is 0 Å². The second kappa shape index (κ2) is 5.56. The third kappa shape index (κ3) is 2.96. The number of aliphatic hydroxyl groups excluding tert-OH is 4. The van der Waals surface area contributed by atoms with E-state index in [0.29, 0.717) is 11.0 Å². The highest BCUT2D eigenvalue weighted by molar-refractivity contribution is 9.10. The molecule has 0 aliphatic heterocycles. The van der Waals surface area contributed by atoms with Crippen LogP contribution in [0.25, 0.3) is 11.0 Å². The van der Waals surface area contributed by atoms with E-state index in [1.165, 1.54) is 6.92 Å². The predicted molar refractivity (Wildman–Crippen MR) is 72.4 cm³/mol. The first-order valence-electron chi connectivity index (χ1n) is 5.77. The maximum atomic E-state index is 9.95. The summed E-state index contributed by atoms with van der Waals surface area (Å²) in [5, 5.41) is 38.5. The fraction of sp³-hybridized carbons (Fsp3) is 0.417. The number of halogens is 1. The summed E-state index contributed by atoms with van der Waals surface area (Å²) in [6, 6.07) is 5.35. The quantitative estimate of drug-likeness (QED) is 0.559. The number of aromatic nitrogens is 2. The van der Waals surface area contributed by atoms with Crippen LogP contribution in [-0.2, 0) is 0 Å². The van der Waals surface area contributed by atoms with E-state index in [2.05, 4.69) is 25.9 Å². The number of benzene rings is 1. The molecule has 0 aliphatic carbocycles. The molecule has 6 nitrogen and oxygen atoms in total. The molecule has 19 heavy (non-hydrogen) atoms. The molecule has 1 aromatic carbocycles. The van der Waals surface area contributed by atoms with Crippen LogP contribution in [0.2, 0.25) is 0 Å². The fourth-order valence-electron chi connectivity index (χ4n) is 1.78. The van der Waals surface area contributed by atoms with Gasteiger partial charge in [0, 0.05) is 4.47 Å². The summed E-state index contributed by atoms with van der Waals surface area (Å²) < 4.78 is 0.856. The molecule has 0 amide bonds. The van der Waals surface area contributed by atoms with Gasteiger partial charge in [-0.2, -0.15) is 0 Å². The molecule has 0 bridgehead atoms. The Morgan fingerprint density at radius 2 is 1.84 bits per heavy atom. The first-order valence-corrected chi connectivity index (χ1v) is 6.57. The third-order valence-electron chi connectivity index (χ3n) is 2.91. The summed E-state index contributed by atoms with van der Waals surface area (Å²) in [4.78, 5) is 7.00. The van der Waals surface area contributed by atoms with E-state index in [1.807, 2.05) is 0 Å². The molecular formula is C12H15BrN2O4. The van der Waals surface area contributed by atoms with Crippen molar-refractivity contribution < 1.29 is 20.4 Å². The molecule has 5 N–H and O–H groups in total. The molecule has 0 aliphatic rings. The van der Waals surface area contributed by atoms with Gasteiger partial charge in [-0.3, -0.25) is 0 Å². The molecule has 0 saturated heterocycles. The number of fused-ring (bicyclic) bond motifs is 1. The minimum absolute atomic E-state index is 0.139. The lowest BCUT2D eigenvalue weighted by molar-refractivity contribution is -0.103. The van der Waals surface area contributed by atoms with Gasteiger partial charge in [-0.05, 0) is 25.1 Å². The van der Waals surface area contributed by atoms with E-state index >= 15 is 0 Å². The Hall–Kier alpha value is -0.990. The highest BCUT2D eigenvalue weighted by Gasteiger charge is 2.30. The number of hydrogen-bond acceptors (Lipinski definition) is 5. The van der Waals surface area contributed by atoms with Gasteiger partial charge in [-0.25, -0.2) is 4.98 Å². The van der Waals surface area contributed by atoms with Crippen molar-refractivity contribution in [2.24, 2.45) is 0 Å². The summed E-state index contributed by atoms with van der Waals surface area (Å²) in [5.74, 6) is 0.139. The zero-order valence-electron chi connectivity index (χ0n) is 10.2. The molecule has 104 valence electrons. The molecule has 3 unspecified atom stereocenters. The maximum Gasteiger partial charge on any atom is 0.140 e. The summed E-state index contributed by atoms with van der Waals surface area (Å²) in [5.41, 5.74) is 1.33. The molecule has 1 aromatic heterocycles. The topological polar surface area (TPSA) is 110 Å². The largest absolute Gasteiger partial charge is 0.391 e. The van der Waals surface area contributed by atoms with E-state index in [1.54, 1.807) is 18.2 Å². The molecule has 7 heteroatoms. The third-order valence-corrected chi connectivity index (χ3v) is 3.40. The van der Waals surface area contributed by atoms with Gasteiger partial charge in [-0.1, -0.05) is 15.9 Å². The Balaban J connectivity index is 2.28. The maximum absolute atomic E-state index is 9.95. The van der Waals surface area contributed by atoms with Crippen LogP contribution in [-0.4, -0.2) is 48.7 Å². The van der Waals surface area contributed by atoms with Crippen LogP contribution in [0.1, 0.15) is 18.9 Å². The van der Waals surface area contributed by atoms with Crippen LogP contribution < -0.4 is 0 Å². The lowest BCUT2D eigenvalue weighted by Gasteiger charge is -2.23. The monoisotopic (exact) mass is 330 g/mol. The van der Waals surface area contributed by atoms with Crippen molar-refractivity contribution in [2.75, 3.05) is 0 Å². The summed E-state index contributed by atoms with van der Waals surface area (Å²) in [6.07, 6.45) is -5.53. The molecule has 0 saturated carbocycles. The highest BCUT2D eigenvalue weighted by atomic mass is 79.9. The number of imidazole rings is 1. The smallest absolute Gasteiger partial charge is 0.140 e. The van der Waals surface area contributed by atoms with Gasteiger partial charge in [0.1, 0.15) is 24.1 Å². The average Bonchev–Trinajstić information content (AvgIpc) is 2.78. The lowest BCUT2D eigenvalue weighted by atomic mass is 10.0. The number of hydrogen-bond donors (Lipinski definition) is 5. The molecule has 0 spiro atoms. The van der Waals surface area contributed by atoms with Crippen LogP contribution in [0.4, 0.5) is 0 Å². The van der Waals surface area contributed by atoms with Crippen molar-refractivity contribution in [3.8, 4) is 0 Å². The Kier molecular flexibility index (Phi) is 4.22. The normalized spacial score (nSPS) is 18.2. The van der Waals surface area contributed by atoms with Crippen molar-refractivity contribution >= 4 is 27.0 Å². The molecule has 1 heterocycles. The number of aromatic amines is 1. The van der Waals surface area contributed by atoms with Gasteiger partial charge < -0.3 is 25.4 Å². The molecular weight excluding hydrogens is 316 g/mol. The fourth-order valence-corrected chi connectivity index (χ4v) is 2.14. The van der Waals surface area contributed by atoms with Crippen LogP contribution in [0.3, 0.4) is 0 Å². The van der Waals surface area contributed by atoms with Crippen molar-refractivity contribution in [1.29, 1.82) is 0 Å². The molecule has 0 fully saturated rings. The summed E-state index contributed by atoms with van der Waals surface area (Å²) in [7, 11) is 0. The SMILES string of the molecule is CC(O)C(O)C(O)[C@@H](O)c1nc2ccc(Br)cc2[nH]1. The standard InChI is InChI=1S/C12H15BrN2O4/c1-5(16)9(17)10(18)11(19)12-14-7-3-2-6(13)4-8(7)15-12/h2-5,9-11,16-19H,1H3,(H,14,15)/t5?,9?,10?,11-/m1/s1. The zero-order valence-corrected chi connectivity index (χ0v) is 11.7. The van der Waals surface area contributed by atoms with E-state index in [-0.39, 0.29) is 5.82 Å². The van der Waals surface area contributed by atoms with Crippen molar-refractivity contribution in [3.05, 3.63) is 28.5 Å². The van der Waals surface area contributed by atoms with Crippen LogP contribution in [0.5, 0.6) is 0 Å². The van der Waals surface area contributed by atoms with E-state index in [0.717, 1.165) is 4.47 Å². The Morgan fingerprint density at radius 1 is 1.16 bits per heavy atom. The van der Waals surface area contributed by atoms with Gasteiger partial charge in [-0.15, -0.1) is 0 Å². The summed E-state index contributed by atoms with van der Waals surface area (Å²) in [6.45, 7) is 1.33. The highest BCUT2D eigenvalue weighted by Crippen LogP contribution is 2.23.